The monoisotopic (exact) mass is 576 g/mol. The molecule has 0 aliphatic carbocycles. The first kappa shape index (κ1) is 29.7. The van der Waals surface area contributed by atoms with Crippen LogP contribution in [0.2, 0.25) is 0 Å². The van der Waals surface area contributed by atoms with E-state index in [1.54, 1.807) is 23.5 Å². The highest BCUT2D eigenvalue weighted by molar-refractivity contribution is 8.02. The molecular weight excluding hydrogens is 540 g/mol. The van der Waals surface area contributed by atoms with E-state index < -0.39 is 12.2 Å². The summed E-state index contributed by atoms with van der Waals surface area (Å²) >= 11 is 3.37. The third kappa shape index (κ3) is 11.1. The Balaban J connectivity index is 1.01. The minimum absolute atomic E-state index is 0.255. The van der Waals surface area contributed by atoms with Gasteiger partial charge in [-0.1, -0.05) is 36.4 Å². The van der Waals surface area contributed by atoms with Gasteiger partial charge in [0, 0.05) is 45.8 Å². The lowest BCUT2D eigenvalue weighted by molar-refractivity contribution is 0.126. The molecule has 2 atom stereocenters. The first-order valence-electron chi connectivity index (χ1n) is 13.3. The van der Waals surface area contributed by atoms with Gasteiger partial charge >= 0.3 is 0 Å². The van der Waals surface area contributed by atoms with Gasteiger partial charge in [0.1, 0.15) is 24.7 Å². The Bertz CT molecular complexity index is 1130. The highest BCUT2D eigenvalue weighted by Gasteiger charge is 2.08. The number of rotatable bonds is 17. The second kappa shape index (κ2) is 16.7. The van der Waals surface area contributed by atoms with Crippen molar-refractivity contribution in [3.63, 3.8) is 0 Å². The van der Waals surface area contributed by atoms with E-state index in [4.69, 9.17) is 9.47 Å². The molecule has 0 heterocycles. The first-order valence-corrected chi connectivity index (χ1v) is 15.6. The lowest BCUT2D eigenvalue weighted by Crippen LogP contribution is -2.21. The van der Waals surface area contributed by atoms with Crippen LogP contribution in [-0.2, 0) is 0 Å². The Morgan fingerprint density at radius 1 is 0.500 bits per heavy atom. The van der Waals surface area contributed by atoms with Gasteiger partial charge < -0.3 is 30.3 Å². The number of thioether (sulfide) groups is 2. The molecule has 0 aliphatic heterocycles. The standard InChI is InChI=1S/C32H36N2O4S2/c35-29(21-37-31-15-11-27(12-16-31)33-25-7-3-1-4-8-25)23-39-19-20-40-24-30(36)22-38-32-17-13-28(14-18-32)34-26-9-5-2-6-10-26/h1-18,29-30,33-36H,19-24H2. The lowest BCUT2D eigenvalue weighted by Gasteiger charge is -2.14. The molecule has 0 bridgehead atoms. The molecular formula is C32H36N2O4S2. The summed E-state index contributed by atoms with van der Waals surface area (Å²) in [5.41, 5.74) is 4.02. The van der Waals surface area contributed by atoms with E-state index in [-0.39, 0.29) is 13.2 Å². The Hall–Kier alpha value is -3.30. The molecule has 0 amide bonds. The van der Waals surface area contributed by atoms with E-state index >= 15 is 0 Å². The van der Waals surface area contributed by atoms with Crippen molar-refractivity contribution >= 4 is 46.3 Å². The van der Waals surface area contributed by atoms with Crippen LogP contribution in [0.25, 0.3) is 0 Å². The first-order chi connectivity index (χ1) is 19.6. The van der Waals surface area contributed by atoms with Crippen molar-refractivity contribution in [3.8, 4) is 11.5 Å². The van der Waals surface area contributed by atoms with E-state index in [2.05, 4.69) is 10.6 Å². The minimum Gasteiger partial charge on any atom is -0.491 e. The van der Waals surface area contributed by atoms with E-state index in [0.717, 1.165) is 45.8 Å². The SMILES string of the molecule is OC(COc1ccc(Nc2ccccc2)cc1)CSCCSCC(O)COc1ccc(Nc2ccccc2)cc1. The van der Waals surface area contributed by atoms with Gasteiger partial charge in [-0.05, 0) is 72.8 Å². The zero-order chi connectivity index (χ0) is 27.8. The van der Waals surface area contributed by atoms with Crippen LogP contribution in [0, 0.1) is 0 Å². The Morgan fingerprint density at radius 2 is 0.850 bits per heavy atom. The predicted octanol–water partition coefficient (Wildman–Crippen LogP) is 6.82. The topological polar surface area (TPSA) is 83.0 Å². The van der Waals surface area contributed by atoms with Crippen LogP contribution in [0.15, 0.2) is 109 Å². The number of aliphatic hydroxyl groups is 2. The summed E-state index contributed by atoms with van der Waals surface area (Å²) in [5, 5.41) is 27.2. The summed E-state index contributed by atoms with van der Waals surface area (Å²) in [4.78, 5) is 0. The maximum Gasteiger partial charge on any atom is 0.119 e. The number of hydrogen-bond acceptors (Lipinski definition) is 8. The van der Waals surface area contributed by atoms with E-state index in [1.165, 1.54) is 0 Å². The quantitative estimate of drug-likeness (QED) is 0.102. The average molecular weight is 577 g/mol. The van der Waals surface area contributed by atoms with E-state index in [9.17, 15) is 10.2 Å². The average Bonchev–Trinajstić information content (AvgIpc) is 2.99. The molecule has 0 spiro atoms. The summed E-state index contributed by atoms with van der Waals surface area (Å²) < 4.78 is 11.5. The van der Waals surface area contributed by atoms with Crippen LogP contribution in [0.5, 0.6) is 11.5 Å². The molecule has 6 nitrogen and oxygen atoms in total. The van der Waals surface area contributed by atoms with E-state index in [1.807, 2.05) is 109 Å². The molecule has 4 rings (SSSR count). The Kier molecular flexibility index (Phi) is 12.4. The van der Waals surface area contributed by atoms with Gasteiger partial charge in [-0.15, -0.1) is 0 Å². The number of benzene rings is 4. The van der Waals surface area contributed by atoms with Gasteiger partial charge in [0.05, 0.1) is 12.2 Å². The van der Waals surface area contributed by atoms with Crippen molar-refractivity contribution in [2.24, 2.45) is 0 Å². The van der Waals surface area contributed by atoms with Crippen LogP contribution >= 0.6 is 23.5 Å². The van der Waals surface area contributed by atoms with Crippen LogP contribution in [0.3, 0.4) is 0 Å². The van der Waals surface area contributed by atoms with Crippen LogP contribution < -0.4 is 20.1 Å². The summed E-state index contributed by atoms with van der Waals surface area (Å²) in [6.45, 7) is 0.510. The van der Waals surface area contributed by atoms with Gasteiger partial charge in [-0.25, -0.2) is 0 Å². The molecule has 0 saturated heterocycles. The maximum absolute atomic E-state index is 10.2. The molecule has 4 aromatic carbocycles. The fraction of sp³-hybridized carbons (Fsp3) is 0.250. The van der Waals surface area contributed by atoms with Crippen LogP contribution in [0.4, 0.5) is 22.7 Å². The molecule has 0 aromatic heterocycles. The fourth-order valence-electron chi connectivity index (χ4n) is 3.68. The normalized spacial score (nSPS) is 12.3. The van der Waals surface area contributed by atoms with Crippen molar-refractivity contribution in [1.82, 2.24) is 0 Å². The molecule has 210 valence electrons. The highest BCUT2D eigenvalue weighted by atomic mass is 32.2. The Labute approximate surface area is 245 Å². The van der Waals surface area contributed by atoms with Crippen LogP contribution in [-0.4, -0.2) is 58.6 Å². The molecule has 4 N–H and O–H groups in total. The molecule has 2 unspecified atom stereocenters. The van der Waals surface area contributed by atoms with Crippen molar-refractivity contribution in [2.75, 3.05) is 46.9 Å². The number of ether oxygens (including phenoxy) is 2. The van der Waals surface area contributed by atoms with Crippen molar-refractivity contribution in [1.29, 1.82) is 0 Å². The maximum atomic E-state index is 10.2. The summed E-state index contributed by atoms with van der Waals surface area (Å²) in [5.74, 6) is 4.46. The molecule has 0 radical (unpaired) electrons. The molecule has 4 aromatic rings. The van der Waals surface area contributed by atoms with Gasteiger partial charge in [0.15, 0.2) is 0 Å². The minimum atomic E-state index is -0.537. The zero-order valence-electron chi connectivity index (χ0n) is 22.3. The molecule has 40 heavy (non-hydrogen) atoms. The second-order valence-electron chi connectivity index (χ2n) is 9.11. The third-order valence-corrected chi connectivity index (χ3v) is 8.20. The van der Waals surface area contributed by atoms with Gasteiger partial charge in [0.2, 0.25) is 0 Å². The summed E-state index contributed by atoms with van der Waals surface area (Å²) in [6, 6.07) is 35.4. The molecule has 0 saturated carbocycles. The predicted molar refractivity (Wildman–Crippen MR) is 170 cm³/mol. The highest BCUT2D eigenvalue weighted by Crippen LogP contribution is 2.21. The van der Waals surface area contributed by atoms with Crippen molar-refractivity contribution in [3.05, 3.63) is 109 Å². The number of hydrogen-bond donors (Lipinski definition) is 4. The smallest absolute Gasteiger partial charge is 0.119 e. The van der Waals surface area contributed by atoms with Gasteiger partial charge in [0.25, 0.3) is 0 Å². The summed E-state index contributed by atoms with van der Waals surface area (Å²) in [6.07, 6.45) is -1.07. The zero-order valence-corrected chi connectivity index (χ0v) is 24.0. The largest absolute Gasteiger partial charge is 0.491 e. The van der Waals surface area contributed by atoms with Crippen molar-refractivity contribution in [2.45, 2.75) is 12.2 Å². The Morgan fingerprint density at radius 3 is 1.23 bits per heavy atom. The molecule has 8 heteroatoms. The number of para-hydroxylation sites is 2. The lowest BCUT2D eigenvalue weighted by atomic mass is 10.2. The number of anilines is 4. The number of nitrogens with one attached hydrogen (secondary N) is 2. The third-order valence-electron chi connectivity index (χ3n) is 5.71. The molecule has 0 aliphatic rings. The summed E-state index contributed by atoms with van der Waals surface area (Å²) in [7, 11) is 0. The van der Waals surface area contributed by atoms with Crippen molar-refractivity contribution < 1.29 is 19.7 Å². The number of aliphatic hydroxyl groups excluding tert-OH is 2. The van der Waals surface area contributed by atoms with Gasteiger partial charge in [-0.2, -0.15) is 23.5 Å². The van der Waals surface area contributed by atoms with E-state index in [0.29, 0.717) is 11.5 Å². The van der Waals surface area contributed by atoms with Crippen LogP contribution in [0.1, 0.15) is 0 Å². The second-order valence-corrected chi connectivity index (χ2v) is 11.4. The van der Waals surface area contributed by atoms with Gasteiger partial charge in [-0.3, -0.25) is 0 Å². The molecule has 0 fully saturated rings. The fourth-order valence-corrected chi connectivity index (χ4v) is 5.70.